The number of rotatable bonds is 2. The second-order valence-corrected chi connectivity index (χ2v) is 3.00. The van der Waals surface area contributed by atoms with Gasteiger partial charge in [0.1, 0.15) is 0 Å². The minimum atomic E-state index is 0.953. The highest BCUT2D eigenvalue weighted by atomic mass is 14.8. The van der Waals surface area contributed by atoms with Crippen LogP contribution >= 0.6 is 0 Å². The first-order chi connectivity index (χ1) is 5.75. The van der Waals surface area contributed by atoms with Crippen LogP contribution in [0.1, 0.15) is 13.8 Å². The lowest BCUT2D eigenvalue weighted by atomic mass is 10.00. The van der Waals surface area contributed by atoms with E-state index in [-0.39, 0.29) is 0 Å². The Labute approximate surface area is 74.2 Å². The molecular formula is C11H15N. The average Bonchev–Trinajstić information content (AvgIpc) is 2.04. The van der Waals surface area contributed by atoms with E-state index in [4.69, 9.17) is 0 Å². The van der Waals surface area contributed by atoms with Gasteiger partial charge in [-0.2, -0.15) is 0 Å². The Balaban J connectivity index is 2.90. The number of nitrogens with one attached hydrogen (secondary N) is 1. The highest BCUT2D eigenvalue weighted by Gasteiger charge is 2.05. The molecule has 0 saturated heterocycles. The normalized spacial score (nSPS) is 17.7. The van der Waals surface area contributed by atoms with Crippen LogP contribution in [0.5, 0.6) is 0 Å². The quantitative estimate of drug-likeness (QED) is 0.614. The molecule has 0 radical (unpaired) electrons. The minimum Gasteiger partial charge on any atom is -0.387 e. The average molecular weight is 161 g/mol. The molecule has 0 spiro atoms. The number of allylic oxidation sites excluding steroid dienone is 5. The zero-order valence-electron chi connectivity index (χ0n) is 7.72. The van der Waals surface area contributed by atoms with E-state index in [2.05, 4.69) is 38.0 Å². The summed E-state index contributed by atoms with van der Waals surface area (Å²) in [5.74, 6) is 0. The molecule has 0 atom stereocenters. The number of dihydropyridines is 1. The van der Waals surface area contributed by atoms with Gasteiger partial charge in [-0.25, -0.2) is 0 Å². The van der Waals surface area contributed by atoms with E-state index in [1.807, 2.05) is 6.08 Å². The van der Waals surface area contributed by atoms with Crippen molar-refractivity contribution in [3.63, 3.8) is 0 Å². The van der Waals surface area contributed by atoms with Crippen molar-refractivity contribution in [2.24, 2.45) is 0 Å². The zero-order valence-corrected chi connectivity index (χ0v) is 7.72. The molecule has 1 aliphatic heterocycles. The Bertz CT molecular complexity index is 267. The predicted molar refractivity (Wildman–Crippen MR) is 53.8 cm³/mol. The van der Waals surface area contributed by atoms with Crippen LogP contribution in [-0.4, -0.2) is 6.54 Å². The predicted octanol–water partition coefficient (Wildman–Crippen LogP) is 2.55. The molecule has 0 aliphatic carbocycles. The summed E-state index contributed by atoms with van der Waals surface area (Å²) in [6.45, 7) is 8.86. The van der Waals surface area contributed by atoms with Crippen LogP contribution < -0.4 is 5.32 Å². The van der Waals surface area contributed by atoms with Crippen molar-refractivity contribution in [2.45, 2.75) is 13.8 Å². The molecule has 1 heteroatoms. The topological polar surface area (TPSA) is 12.0 Å². The van der Waals surface area contributed by atoms with E-state index in [9.17, 15) is 0 Å². The monoisotopic (exact) mass is 161 g/mol. The summed E-state index contributed by atoms with van der Waals surface area (Å²) >= 11 is 0. The molecule has 1 N–H and O–H groups in total. The van der Waals surface area contributed by atoms with Crippen molar-refractivity contribution in [1.29, 1.82) is 0 Å². The Morgan fingerprint density at radius 3 is 2.83 bits per heavy atom. The maximum absolute atomic E-state index is 3.65. The summed E-state index contributed by atoms with van der Waals surface area (Å²) in [5, 5.41) is 3.21. The third-order valence-electron chi connectivity index (χ3n) is 1.97. The van der Waals surface area contributed by atoms with E-state index < -0.39 is 0 Å². The van der Waals surface area contributed by atoms with Gasteiger partial charge in [0.15, 0.2) is 0 Å². The molecule has 1 aliphatic rings. The fraction of sp³-hybridized carbons (Fsp3) is 0.273. The van der Waals surface area contributed by atoms with E-state index in [0.29, 0.717) is 0 Å². The fourth-order valence-electron chi connectivity index (χ4n) is 1.30. The maximum atomic E-state index is 3.65. The smallest absolute Gasteiger partial charge is 0.0361 e. The molecule has 0 aromatic rings. The Kier molecular flexibility index (Phi) is 2.92. The standard InChI is InChI=1S/C11H15N/c1-4-5-6-11-9(2)7-12-8-10(11)3/h4-7,12H,1,8H2,2-3H3/b6-5-. The first-order valence-electron chi connectivity index (χ1n) is 4.15. The van der Waals surface area contributed by atoms with Gasteiger partial charge in [0.2, 0.25) is 0 Å². The zero-order chi connectivity index (χ0) is 8.97. The highest BCUT2D eigenvalue weighted by molar-refractivity contribution is 5.44. The van der Waals surface area contributed by atoms with Crippen molar-refractivity contribution in [1.82, 2.24) is 5.32 Å². The Morgan fingerprint density at radius 2 is 2.25 bits per heavy atom. The maximum Gasteiger partial charge on any atom is 0.0361 e. The van der Waals surface area contributed by atoms with Crippen LogP contribution in [0.4, 0.5) is 0 Å². The van der Waals surface area contributed by atoms with E-state index in [1.54, 1.807) is 6.08 Å². The van der Waals surface area contributed by atoms with Gasteiger partial charge in [0.05, 0.1) is 0 Å². The fourth-order valence-corrected chi connectivity index (χ4v) is 1.30. The molecule has 0 bridgehead atoms. The molecule has 12 heavy (non-hydrogen) atoms. The second kappa shape index (κ2) is 3.96. The summed E-state index contributed by atoms with van der Waals surface area (Å²) in [7, 11) is 0. The molecule has 0 amide bonds. The van der Waals surface area contributed by atoms with E-state index >= 15 is 0 Å². The first-order valence-corrected chi connectivity index (χ1v) is 4.15. The van der Waals surface area contributed by atoms with E-state index in [0.717, 1.165) is 6.54 Å². The van der Waals surface area contributed by atoms with Crippen molar-refractivity contribution in [2.75, 3.05) is 6.54 Å². The van der Waals surface area contributed by atoms with Crippen molar-refractivity contribution in [3.05, 3.63) is 47.7 Å². The molecule has 1 heterocycles. The SMILES string of the molecule is C=C/C=C\C1=C(C)CNC=C1C. The molecule has 64 valence electrons. The van der Waals surface area contributed by atoms with Crippen LogP contribution in [-0.2, 0) is 0 Å². The van der Waals surface area contributed by atoms with Crippen molar-refractivity contribution >= 4 is 0 Å². The summed E-state index contributed by atoms with van der Waals surface area (Å²) in [6, 6.07) is 0. The minimum absolute atomic E-state index is 0.953. The summed E-state index contributed by atoms with van der Waals surface area (Å²) in [4.78, 5) is 0. The number of hydrogen-bond donors (Lipinski definition) is 1. The van der Waals surface area contributed by atoms with Crippen LogP contribution in [0.15, 0.2) is 47.7 Å². The molecule has 0 saturated carbocycles. The largest absolute Gasteiger partial charge is 0.387 e. The molecule has 0 unspecified atom stereocenters. The first kappa shape index (κ1) is 8.85. The van der Waals surface area contributed by atoms with E-state index in [1.165, 1.54) is 16.7 Å². The Hall–Kier alpha value is -1.24. The molecule has 1 rings (SSSR count). The second-order valence-electron chi connectivity index (χ2n) is 3.00. The number of hydrogen-bond acceptors (Lipinski definition) is 1. The van der Waals surface area contributed by atoms with Gasteiger partial charge >= 0.3 is 0 Å². The molecule has 1 nitrogen and oxygen atoms in total. The third-order valence-corrected chi connectivity index (χ3v) is 1.97. The van der Waals surface area contributed by atoms with Gasteiger partial charge in [-0.3, -0.25) is 0 Å². The van der Waals surface area contributed by atoms with Crippen LogP contribution in [0, 0.1) is 0 Å². The van der Waals surface area contributed by atoms with Gasteiger partial charge in [0.25, 0.3) is 0 Å². The summed E-state index contributed by atoms with van der Waals surface area (Å²) in [5.41, 5.74) is 4.00. The lowest BCUT2D eigenvalue weighted by molar-refractivity contribution is 0.892. The van der Waals surface area contributed by atoms with Gasteiger partial charge in [-0.1, -0.05) is 24.8 Å². The van der Waals surface area contributed by atoms with Gasteiger partial charge in [-0.15, -0.1) is 0 Å². The molecular weight excluding hydrogens is 146 g/mol. The van der Waals surface area contributed by atoms with Crippen LogP contribution in [0.3, 0.4) is 0 Å². The summed E-state index contributed by atoms with van der Waals surface area (Å²) < 4.78 is 0. The van der Waals surface area contributed by atoms with Crippen LogP contribution in [0.25, 0.3) is 0 Å². The van der Waals surface area contributed by atoms with Crippen molar-refractivity contribution in [3.8, 4) is 0 Å². The lowest BCUT2D eigenvalue weighted by Gasteiger charge is -2.15. The summed E-state index contributed by atoms with van der Waals surface area (Å²) in [6.07, 6.45) is 7.93. The van der Waals surface area contributed by atoms with Gasteiger partial charge in [0, 0.05) is 12.7 Å². The molecule has 0 aromatic heterocycles. The van der Waals surface area contributed by atoms with Gasteiger partial charge in [-0.05, 0) is 30.6 Å². The van der Waals surface area contributed by atoms with Gasteiger partial charge < -0.3 is 5.32 Å². The third kappa shape index (κ3) is 1.88. The lowest BCUT2D eigenvalue weighted by Crippen LogP contribution is -2.15. The van der Waals surface area contributed by atoms with Crippen molar-refractivity contribution < 1.29 is 0 Å². The molecule has 0 fully saturated rings. The van der Waals surface area contributed by atoms with Crippen LogP contribution in [0.2, 0.25) is 0 Å². The molecule has 0 aromatic carbocycles. The highest BCUT2D eigenvalue weighted by Crippen LogP contribution is 2.18. The Morgan fingerprint density at radius 1 is 1.50 bits per heavy atom.